The van der Waals surface area contributed by atoms with Crippen molar-refractivity contribution >= 4 is 5.91 Å². The van der Waals surface area contributed by atoms with E-state index < -0.39 is 0 Å². The van der Waals surface area contributed by atoms with Gasteiger partial charge in [-0.1, -0.05) is 31.5 Å². The van der Waals surface area contributed by atoms with E-state index >= 15 is 0 Å². The number of rotatable bonds is 8. The van der Waals surface area contributed by atoms with E-state index in [4.69, 9.17) is 10.5 Å². The summed E-state index contributed by atoms with van der Waals surface area (Å²) in [6, 6.07) is 7.66. The van der Waals surface area contributed by atoms with E-state index in [1.807, 2.05) is 24.3 Å². The minimum atomic E-state index is -0.0421. The highest BCUT2D eigenvalue weighted by atomic mass is 16.5. The molecule has 3 N–H and O–H groups in total. The van der Waals surface area contributed by atoms with Gasteiger partial charge in [0.25, 0.3) is 5.91 Å². The molecule has 4 nitrogen and oxygen atoms in total. The lowest BCUT2D eigenvalue weighted by Crippen LogP contribution is -2.38. The van der Waals surface area contributed by atoms with Crippen LogP contribution in [-0.4, -0.2) is 32.2 Å². The van der Waals surface area contributed by atoms with Gasteiger partial charge >= 0.3 is 0 Å². The van der Waals surface area contributed by atoms with Crippen molar-refractivity contribution in [3.8, 4) is 0 Å². The Morgan fingerprint density at radius 3 is 2.79 bits per heavy atom. The lowest BCUT2D eigenvalue weighted by atomic mass is 10.0. The van der Waals surface area contributed by atoms with Gasteiger partial charge in [-0.25, -0.2) is 0 Å². The number of nitrogens with two attached hydrogens (primary N) is 1. The molecule has 1 unspecified atom stereocenters. The Hall–Kier alpha value is -1.39. The maximum Gasteiger partial charge on any atom is 0.251 e. The Balaban J connectivity index is 2.75. The van der Waals surface area contributed by atoms with Crippen LogP contribution < -0.4 is 11.1 Å². The molecule has 1 atom stereocenters. The monoisotopic (exact) mass is 264 g/mol. The van der Waals surface area contributed by atoms with Crippen molar-refractivity contribution in [2.45, 2.75) is 32.2 Å². The van der Waals surface area contributed by atoms with Crippen LogP contribution in [0.2, 0.25) is 0 Å². The van der Waals surface area contributed by atoms with Crippen molar-refractivity contribution in [2.24, 2.45) is 5.73 Å². The predicted octanol–water partition coefficient (Wildman–Crippen LogP) is 1.73. The summed E-state index contributed by atoms with van der Waals surface area (Å²) in [6.07, 6.45) is 2.64. The van der Waals surface area contributed by atoms with Crippen molar-refractivity contribution in [1.82, 2.24) is 5.32 Å². The number of amides is 1. The first kappa shape index (κ1) is 15.7. The average Bonchev–Trinajstić information content (AvgIpc) is 2.40. The predicted molar refractivity (Wildman–Crippen MR) is 77.2 cm³/mol. The van der Waals surface area contributed by atoms with Gasteiger partial charge in [-0.2, -0.15) is 0 Å². The first-order chi connectivity index (χ1) is 9.22. The molecule has 0 radical (unpaired) electrons. The van der Waals surface area contributed by atoms with Gasteiger partial charge in [0.15, 0.2) is 0 Å². The summed E-state index contributed by atoms with van der Waals surface area (Å²) in [6.45, 7) is 3.18. The lowest BCUT2D eigenvalue weighted by Gasteiger charge is -2.18. The molecule has 1 aromatic rings. The third kappa shape index (κ3) is 5.01. The van der Waals surface area contributed by atoms with Crippen LogP contribution in [-0.2, 0) is 11.2 Å². The fourth-order valence-corrected chi connectivity index (χ4v) is 2.13. The van der Waals surface area contributed by atoms with Gasteiger partial charge in [0.2, 0.25) is 0 Å². The van der Waals surface area contributed by atoms with Crippen molar-refractivity contribution in [2.75, 3.05) is 20.3 Å². The first-order valence-electron chi connectivity index (χ1n) is 6.80. The molecule has 1 amide bonds. The van der Waals surface area contributed by atoms with Gasteiger partial charge in [0, 0.05) is 12.7 Å². The van der Waals surface area contributed by atoms with Gasteiger partial charge in [-0.3, -0.25) is 4.79 Å². The largest absolute Gasteiger partial charge is 0.383 e. The lowest BCUT2D eigenvalue weighted by molar-refractivity contribution is 0.0890. The Labute approximate surface area is 115 Å². The number of hydrogen-bond donors (Lipinski definition) is 2. The number of carbonyl (C=O) groups excluding carboxylic acids is 1. The normalized spacial score (nSPS) is 12.2. The van der Waals surface area contributed by atoms with Crippen molar-refractivity contribution < 1.29 is 9.53 Å². The molecule has 0 saturated carbocycles. The number of hydrogen-bond acceptors (Lipinski definition) is 3. The molecule has 4 heteroatoms. The van der Waals surface area contributed by atoms with E-state index in [1.54, 1.807) is 7.11 Å². The Morgan fingerprint density at radius 1 is 1.42 bits per heavy atom. The summed E-state index contributed by atoms with van der Waals surface area (Å²) >= 11 is 0. The van der Waals surface area contributed by atoms with Gasteiger partial charge in [-0.15, -0.1) is 0 Å². The third-order valence-corrected chi connectivity index (χ3v) is 3.02. The Kier molecular flexibility index (Phi) is 7.15. The highest BCUT2D eigenvalue weighted by Crippen LogP contribution is 2.10. The fourth-order valence-electron chi connectivity index (χ4n) is 2.13. The second-order valence-electron chi connectivity index (χ2n) is 4.61. The SMILES string of the molecule is CCCC(COC)NC(=O)c1ccccc1CCN. The molecule has 0 aliphatic rings. The van der Waals surface area contributed by atoms with E-state index in [0.29, 0.717) is 25.1 Å². The fraction of sp³-hybridized carbons (Fsp3) is 0.533. The van der Waals surface area contributed by atoms with Crippen LogP contribution in [0.4, 0.5) is 0 Å². The zero-order valence-electron chi connectivity index (χ0n) is 11.8. The Bertz CT molecular complexity index is 387. The summed E-state index contributed by atoms with van der Waals surface area (Å²) in [5.41, 5.74) is 7.28. The van der Waals surface area contributed by atoms with E-state index in [0.717, 1.165) is 18.4 Å². The highest BCUT2D eigenvalue weighted by Gasteiger charge is 2.15. The summed E-state index contributed by atoms with van der Waals surface area (Å²) < 4.78 is 5.14. The van der Waals surface area contributed by atoms with Crippen LogP contribution in [0.1, 0.15) is 35.7 Å². The molecular weight excluding hydrogens is 240 g/mol. The second kappa shape index (κ2) is 8.67. The van der Waals surface area contributed by atoms with Gasteiger partial charge in [-0.05, 0) is 31.0 Å². The van der Waals surface area contributed by atoms with E-state index in [-0.39, 0.29) is 11.9 Å². The maximum absolute atomic E-state index is 12.3. The molecular formula is C15H24N2O2. The topological polar surface area (TPSA) is 64.3 Å². The number of carbonyl (C=O) groups is 1. The molecule has 0 bridgehead atoms. The zero-order valence-corrected chi connectivity index (χ0v) is 11.8. The molecule has 0 aromatic heterocycles. The zero-order chi connectivity index (χ0) is 14.1. The van der Waals surface area contributed by atoms with Crippen LogP contribution in [0, 0.1) is 0 Å². The van der Waals surface area contributed by atoms with Gasteiger partial charge < -0.3 is 15.8 Å². The third-order valence-electron chi connectivity index (χ3n) is 3.02. The van der Waals surface area contributed by atoms with E-state index in [9.17, 15) is 4.79 Å². The van der Waals surface area contributed by atoms with E-state index in [1.165, 1.54) is 0 Å². The number of benzene rings is 1. The van der Waals surface area contributed by atoms with Crippen molar-refractivity contribution in [1.29, 1.82) is 0 Å². The van der Waals surface area contributed by atoms with Crippen LogP contribution in [0.5, 0.6) is 0 Å². The Morgan fingerprint density at radius 2 is 2.16 bits per heavy atom. The molecule has 0 aliphatic heterocycles. The minimum Gasteiger partial charge on any atom is -0.383 e. The summed E-state index contributed by atoms with van der Waals surface area (Å²) in [4.78, 5) is 12.3. The number of ether oxygens (including phenoxy) is 1. The maximum atomic E-state index is 12.3. The molecule has 1 aromatic carbocycles. The molecule has 0 heterocycles. The molecule has 0 saturated heterocycles. The van der Waals surface area contributed by atoms with E-state index in [2.05, 4.69) is 12.2 Å². The van der Waals surface area contributed by atoms with Crippen molar-refractivity contribution in [3.05, 3.63) is 35.4 Å². The molecule has 19 heavy (non-hydrogen) atoms. The second-order valence-corrected chi connectivity index (χ2v) is 4.61. The minimum absolute atomic E-state index is 0.0421. The van der Waals surface area contributed by atoms with Crippen LogP contribution >= 0.6 is 0 Å². The molecule has 0 aliphatic carbocycles. The summed E-state index contributed by atoms with van der Waals surface area (Å²) in [5.74, 6) is -0.0421. The van der Waals surface area contributed by atoms with Gasteiger partial charge in [0.05, 0.1) is 12.6 Å². The smallest absolute Gasteiger partial charge is 0.251 e. The van der Waals surface area contributed by atoms with Crippen LogP contribution in [0.3, 0.4) is 0 Å². The van der Waals surface area contributed by atoms with Crippen molar-refractivity contribution in [3.63, 3.8) is 0 Å². The van der Waals surface area contributed by atoms with Gasteiger partial charge in [0.1, 0.15) is 0 Å². The molecule has 106 valence electrons. The number of methoxy groups -OCH3 is 1. The average molecular weight is 264 g/mol. The molecule has 0 fully saturated rings. The van der Waals surface area contributed by atoms with Crippen LogP contribution in [0.15, 0.2) is 24.3 Å². The molecule has 0 spiro atoms. The summed E-state index contributed by atoms with van der Waals surface area (Å²) in [5, 5.41) is 3.03. The number of nitrogens with one attached hydrogen (secondary N) is 1. The standard InChI is InChI=1S/C15H24N2O2/c1-3-6-13(11-19-2)17-15(18)14-8-5-4-7-12(14)9-10-16/h4-5,7-8,13H,3,6,9-11,16H2,1-2H3,(H,17,18). The van der Waals surface area contributed by atoms with Crippen LogP contribution in [0.25, 0.3) is 0 Å². The quantitative estimate of drug-likeness (QED) is 0.751. The molecule has 1 rings (SSSR count). The first-order valence-corrected chi connectivity index (χ1v) is 6.80. The highest BCUT2D eigenvalue weighted by molar-refractivity contribution is 5.95. The summed E-state index contributed by atoms with van der Waals surface area (Å²) in [7, 11) is 1.65.